The Morgan fingerprint density at radius 3 is 2.12 bits per heavy atom. The zero-order valence-corrected chi connectivity index (χ0v) is 23.1. The Hall–Kier alpha value is -4.21. The number of urea groups is 1. The molecule has 0 radical (unpaired) electrons. The van der Waals surface area contributed by atoms with Crippen LogP contribution in [-0.4, -0.2) is 58.7 Å². The molecule has 2 atom stereocenters. The van der Waals surface area contributed by atoms with Gasteiger partial charge in [-0.3, -0.25) is 0 Å². The standard InChI is InChI=1S/C31H33F3N2O5/c1-21-4-12-27(13-5-21)41-30(2,28(37)38)18-22-8-14-26(15-9-22)40-17-16-25-20-36(29(39)35(25)3)19-23-6-10-24(11-7-23)31(32,33)34/h4-15,25H,16-20H2,1-3H3,(H,37,38)/t25-,30-/m0/s1. The fourth-order valence-corrected chi connectivity index (χ4v) is 4.70. The van der Waals surface area contributed by atoms with Gasteiger partial charge in [-0.15, -0.1) is 0 Å². The SMILES string of the molecule is Cc1ccc(O[C@@](C)(Cc2ccc(OCC[C@H]3CN(Cc4ccc(C(F)(F)F)cc4)C(=O)N3C)cc2)C(=O)O)cc1. The number of carbonyl (C=O) groups is 2. The van der Waals surface area contributed by atoms with Crippen LogP contribution in [-0.2, 0) is 23.9 Å². The van der Waals surface area contributed by atoms with Crippen LogP contribution in [0.2, 0.25) is 0 Å². The predicted octanol–water partition coefficient (Wildman–Crippen LogP) is 6.18. The van der Waals surface area contributed by atoms with Crippen LogP contribution in [0.3, 0.4) is 0 Å². The van der Waals surface area contributed by atoms with Gasteiger partial charge in [-0.25, -0.2) is 9.59 Å². The van der Waals surface area contributed by atoms with Gasteiger partial charge in [-0.1, -0.05) is 42.0 Å². The second kappa shape index (κ2) is 12.1. The molecule has 7 nitrogen and oxygen atoms in total. The van der Waals surface area contributed by atoms with Crippen molar-refractivity contribution in [2.75, 3.05) is 20.2 Å². The number of hydrogen-bond acceptors (Lipinski definition) is 4. The number of benzene rings is 3. The van der Waals surface area contributed by atoms with Gasteiger partial charge in [0.15, 0.2) is 0 Å². The molecule has 0 aliphatic carbocycles. The van der Waals surface area contributed by atoms with Gasteiger partial charge in [0.2, 0.25) is 5.60 Å². The lowest BCUT2D eigenvalue weighted by Crippen LogP contribution is -2.43. The highest BCUT2D eigenvalue weighted by Crippen LogP contribution is 2.30. The molecule has 1 aliphatic heterocycles. The molecule has 1 aliphatic rings. The lowest BCUT2D eigenvalue weighted by Gasteiger charge is -2.26. The van der Waals surface area contributed by atoms with Crippen molar-refractivity contribution < 1.29 is 37.3 Å². The number of carboxylic acids is 1. The zero-order chi connectivity index (χ0) is 29.8. The molecule has 1 heterocycles. The number of aliphatic carboxylic acids is 1. The number of likely N-dealkylation sites (N-methyl/N-ethyl adjacent to an activating group) is 1. The van der Waals surface area contributed by atoms with Gasteiger partial charge in [-0.2, -0.15) is 13.2 Å². The van der Waals surface area contributed by atoms with Crippen LogP contribution in [0.4, 0.5) is 18.0 Å². The van der Waals surface area contributed by atoms with Crippen LogP contribution in [0.5, 0.6) is 11.5 Å². The monoisotopic (exact) mass is 570 g/mol. The maximum absolute atomic E-state index is 12.8. The third kappa shape index (κ3) is 7.50. The van der Waals surface area contributed by atoms with Crippen LogP contribution in [0.25, 0.3) is 0 Å². The van der Waals surface area contributed by atoms with Crippen LogP contribution in [0.15, 0.2) is 72.8 Å². The lowest BCUT2D eigenvalue weighted by molar-refractivity contribution is -0.153. The lowest BCUT2D eigenvalue weighted by atomic mass is 9.96. The summed E-state index contributed by atoms with van der Waals surface area (Å²) in [7, 11) is 1.70. The van der Waals surface area contributed by atoms with Crippen molar-refractivity contribution >= 4 is 12.0 Å². The number of halogens is 3. The predicted molar refractivity (Wildman–Crippen MR) is 147 cm³/mol. The molecule has 1 N–H and O–H groups in total. The second-order valence-corrected chi connectivity index (χ2v) is 10.5. The van der Waals surface area contributed by atoms with Crippen molar-refractivity contribution in [2.24, 2.45) is 0 Å². The maximum Gasteiger partial charge on any atom is 0.416 e. The number of aryl methyl sites for hydroxylation is 1. The molecule has 0 unspecified atom stereocenters. The van der Waals surface area contributed by atoms with E-state index < -0.39 is 23.3 Å². The first-order chi connectivity index (χ1) is 19.3. The zero-order valence-electron chi connectivity index (χ0n) is 23.1. The summed E-state index contributed by atoms with van der Waals surface area (Å²) in [6, 6.07) is 18.9. The van der Waals surface area contributed by atoms with Gasteiger partial charge >= 0.3 is 18.2 Å². The topological polar surface area (TPSA) is 79.3 Å². The summed E-state index contributed by atoms with van der Waals surface area (Å²) >= 11 is 0. The molecule has 1 saturated heterocycles. The average molecular weight is 571 g/mol. The van der Waals surface area contributed by atoms with E-state index in [0.717, 1.165) is 23.3 Å². The molecule has 4 rings (SSSR count). The third-order valence-electron chi connectivity index (χ3n) is 7.21. The quantitative estimate of drug-likeness (QED) is 0.298. The summed E-state index contributed by atoms with van der Waals surface area (Å²) in [4.78, 5) is 28.0. The van der Waals surface area contributed by atoms with Crippen molar-refractivity contribution in [1.29, 1.82) is 0 Å². The van der Waals surface area contributed by atoms with E-state index in [4.69, 9.17) is 9.47 Å². The summed E-state index contributed by atoms with van der Waals surface area (Å²) in [5.74, 6) is 0.0218. The third-order valence-corrected chi connectivity index (χ3v) is 7.21. The van der Waals surface area contributed by atoms with Gasteiger partial charge in [-0.05, 0) is 61.4 Å². The molecular formula is C31H33F3N2O5. The number of rotatable bonds is 11. The van der Waals surface area contributed by atoms with Crippen molar-refractivity contribution in [1.82, 2.24) is 9.80 Å². The maximum atomic E-state index is 12.8. The molecule has 3 aromatic rings. The van der Waals surface area contributed by atoms with Crippen molar-refractivity contribution in [3.8, 4) is 11.5 Å². The molecule has 0 spiro atoms. The van der Waals surface area contributed by atoms with Gasteiger partial charge < -0.3 is 24.4 Å². The minimum Gasteiger partial charge on any atom is -0.494 e. The van der Waals surface area contributed by atoms with E-state index >= 15 is 0 Å². The first-order valence-corrected chi connectivity index (χ1v) is 13.2. The van der Waals surface area contributed by atoms with Gasteiger partial charge in [0.1, 0.15) is 11.5 Å². The van der Waals surface area contributed by atoms with Crippen LogP contribution >= 0.6 is 0 Å². The molecule has 0 saturated carbocycles. The highest BCUT2D eigenvalue weighted by molar-refractivity contribution is 5.78. The number of hydrogen-bond donors (Lipinski definition) is 1. The van der Waals surface area contributed by atoms with Crippen molar-refractivity contribution in [2.45, 2.75) is 51.1 Å². The van der Waals surface area contributed by atoms with E-state index in [0.29, 0.717) is 36.6 Å². The Kier molecular flexibility index (Phi) is 8.80. The van der Waals surface area contributed by atoms with Gasteiger partial charge in [0, 0.05) is 33.0 Å². The van der Waals surface area contributed by atoms with Gasteiger partial charge in [0.25, 0.3) is 0 Å². The first kappa shape index (κ1) is 29.8. The smallest absolute Gasteiger partial charge is 0.416 e. The molecule has 2 amide bonds. The van der Waals surface area contributed by atoms with E-state index in [2.05, 4.69) is 0 Å². The Bertz CT molecular complexity index is 1340. The molecule has 10 heteroatoms. The highest BCUT2D eigenvalue weighted by Gasteiger charge is 2.37. The number of alkyl halides is 3. The highest BCUT2D eigenvalue weighted by atomic mass is 19.4. The van der Waals surface area contributed by atoms with Crippen LogP contribution in [0.1, 0.15) is 35.6 Å². The Balaban J connectivity index is 1.28. The molecule has 0 bridgehead atoms. The number of amides is 2. The molecule has 3 aromatic carbocycles. The molecule has 218 valence electrons. The van der Waals surface area contributed by atoms with Crippen LogP contribution < -0.4 is 9.47 Å². The van der Waals surface area contributed by atoms with Gasteiger partial charge in [0.05, 0.1) is 18.2 Å². The minimum atomic E-state index is -4.40. The summed E-state index contributed by atoms with van der Waals surface area (Å²) in [6.07, 6.45) is -3.68. The Labute approximate surface area is 237 Å². The minimum absolute atomic E-state index is 0.105. The second-order valence-electron chi connectivity index (χ2n) is 10.5. The van der Waals surface area contributed by atoms with E-state index in [9.17, 15) is 27.9 Å². The number of carboxylic acid groups (broad SMARTS) is 1. The first-order valence-electron chi connectivity index (χ1n) is 13.2. The van der Waals surface area contributed by atoms with E-state index in [1.165, 1.54) is 12.1 Å². The van der Waals surface area contributed by atoms with Crippen molar-refractivity contribution in [3.63, 3.8) is 0 Å². The summed E-state index contributed by atoms with van der Waals surface area (Å²) < 4.78 is 50.2. The largest absolute Gasteiger partial charge is 0.494 e. The molecule has 41 heavy (non-hydrogen) atoms. The summed E-state index contributed by atoms with van der Waals surface area (Å²) in [5.41, 5.74) is 0.269. The Morgan fingerprint density at radius 1 is 0.951 bits per heavy atom. The normalized spacial score (nSPS) is 16.9. The van der Waals surface area contributed by atoms with E-state index in [-0.39, 0.29) is 25.0 Å². The fraction of sp³-hybridized carbons (Fsp3) is 0.355. The van der Waals surface area contributed by atoms with Crippen LogP contribution in [0, 0.1) is 6.92 Å². The number of carbonyl (C=O) groups excluding carboxylic acids is 1. The van der Waals surface area contributed by atoms with Crippen molar-refractivity contribution in [3.05, 3.63) is 95.1 Å². The summed E-state index contributed by atoms with van der Waals surface area (Å²) in [6.45, 7) is 4.49. The van der Waals surface area contributed by atoms with E-state index in [1.807, 2.05) is 19.1 Å². The molecular weight excluding hydrogens is 537 g/mol. The fourth-order valence-electron chi connectivity index (χ4n) is 4.70. The summed E-state index contributed by atoms with van der Waals surface area (Å²) in [5, 5.41) is 9.84. The Morgan fingerprint density at radius 2 is 1.54 bits per heavy atom. The van der Waals surface area contributed by atoms with E-state index in [1.54, 1.807) is 60.2 Å². The number of nitrogens with zero attached hydrogens (tertiary/aromatic N) is 2. The molecule has 0 aromatic heterocycles. The molecule has 1 fully saturated rings. The average Bonchev–Trinajstić information content (AvgIpc) is 3.18. The number of ether oxygens (including phenoxy) is 2.